The maximum absolute atomic E-state index is 11.5. The van der Waals surface area contributed by atoms with Crippen LogP contribution in [-0.2, 0) is 14.3 Å². The predicted octanol–water partition coefficient (Wildman–Crippen LogP) is 3.46. The largest absolute Gasteiger partial charge is 0.452 e. The van der Waals surface area contributed by atoms with Crippen LogP contribution < -0.4 is 5.32 Å². The first-order valence-electron chi connectivity index (χ1n) is 6.28. The molecule has 1 rings (SSSR count). The SMILES string of the molecule is CC(C)(C)NC(=O)COC(=O)/C=C/c1ccc(Cl)c(Cl)c1. The van der Waals surface area contributed by atoms with Gasteiger partial charge in [-0.1, -0.05) is 29.3 Å². The molecule has 0 spiro atoms. The highest BCUT2D eigenvalue weighted by atomic mass is 35.5. The van der Waals surface area contributed by atoms with Crippen LogP contribution >= 0.6 is 23.2 Å². The van der Waals surface area contributed by atoms with Crippen LogP contribution in [0.4, 0.5) is 0 Å². The number of amides is 1. The highest BCUT2D eigenvalue weighted by Gasteiger charge is 2.14. The Balaban J connectivity index is 2.48. The second-order valence-corrected chi connectivity index (χ2v) is 6.23. The van der Waals surface area contributed by atoms with Crippen molar-refractivity contribution >= 4 is 41.2 Å². The summed E-state index contributed by atoms with van der Waals surface area (Å²) in [6.45, 7) is 5.21. The maximum Gasteiger partial charge on any atom is 0.331 e. The van der Waals surface area contributed by atoms with Gasteiger partial charge in [0.2, 0.25) is 0 Å². The van der Waals surface area contributed by atoms with E-state index in [9.17, 15) is 9.59 Å². The van der Waals surface area contributed by atoms with E-state index in [0.29, 0.717) is 15.6 Å². The summed E-state index contributed by atoms with van der Waals surface area (Å²) in [7, 11) is 0. The minimum Gasteiger partial charge on any atom is -0.452 e. The lowest BCUT2D eigenvalue weighted by Crippen LogP contribution is -2.42. The van der Waals surface area contributed by atoms with Crippen LogP contribution in [0, 0.1) is 0 Å². The number of hydrogen-bond donors (Lipinski definition) is 1. The van der Waals surface area contributed by atoms with Crippen molar-refractivity contribution in [2.45, 2.75) is 26.3 Å². The van der Waals surface area contributed by atoms with Gasteiger partial charge >= 0.3 is 5.97 Å². The molecule has 0 bridgehead atoms. The van der Waals surface area contributed by atoms with Crippen molar-refractivity contribution < 1.29 is 14.3 Å². The van der Waals surface area contributed by atoms with E-state index < -0.39 is 5.97 Å². The fourth-order valence-electron chi connectivity index (χ4n) is 1.42. The number of benzene rings is 1. The highest BCUT2D eigenvalue weighted by Crippen LogP contribution is 2.23. The van der Waals surface area contributed by atoms with Crippen molar-refractivity contribution in [1.29, 1.82) is 0 Å². The van der Waals surface area contributed by atoms with Gasteiger partial charge in [0.1, 0.15) is 0 Å². The van der Waals surface area contributed by atoms with Crippen molar-refractivity contribution in [3.8, 4) is 0 Å². The number of halogens is 2. The van der Waals surface area contributed by atoms with E-state index in [0.717, 1.165) is 0 Å². The summed E-state index contributed by atoms with van der Waals surface area (Å²) in [4.78, 5) is 23.0. The molecule has 0 unspecified atom stereocenters. The molecule has 0 fully saturated rings. The highest BCUT2D eigenvalue weighted by molar-refractivity contribution is 6.42. The van der Waals surface area contributed by atoms with Crippen molar-refractivity contribution in [3.05, 3.63) is 39.9 Å². The topological polar surface area (TPSA) is 55.4 Å². The third-order valence-electron chi connectivity index (χ3n) is 2.22. The molecule has 0 aliphatic carbocycles. The average Bonchev–Trinajstić information content (AvgIpc) is 2.36. The van der Waals surface area contributed by atoms with E-state index in [2.05, 4.69) is 5.32 Å². The lowest BCUT2D eigenvalue weighted by atomic mass is 10.1. The Kier molecular flexibility index (Phi) is 6.24. The predicted molar refractivity (Wildman–Crippen MR) is 84.4 cm³/mol. The van der Waals surface area contributed by atoms with E-state index >= 15 is 0 Å². The van der Waals surface area contributed by atoms with E-state index in [1.165, 1.54) is 12.2 Å². The summed E-state index contributed by atoms with van der Waals surface area (Å²) in [6.07, 6.45) is 2.76. The van der Waals surface area contributed by atoms with Gasteiger partial charge in [-0.15, -0.1) is 0 Å². The minimum atomic E-state index is -0.606. The van der Waals surface area contributed by atoms with Gasteiger partial charge in [0.25, 0.3) is 5.91 Å². The summed E-state index contributed by atoms with van der Waals surface area (Å²) in [5.41, 5.74) is 0.347. The van der Waals surface area contributed by atoms with E-state index in [1.54, 1.807) is 18.2 Å². The number of carbonyl (C=O) groups is 2. The van der Waals surface area contributed by atoms with Gasteiger partial charge < -0.3 is 10.1 Å². The molecule has 0 aliphatic rings. The summed E-state index contributed by atoms with van der Waals surface area (Å²) in [5, 5.41) is 3.53. The standard InChI is InChI=1S/C15H17Cl2NO3/c1-15(2,3)18-13(19)9-21-14(20)7-5-10-4-6-11(16)12(17)8-10/h4-8H,9H2,1-3H3,(H,18,19)/b7-5+. The number of esters is 1. The first-order chi connectivity index (χ1) is 9.67. The van der Waals surface area contributed by atoms with Gasteiger partial charge in [-0.3, -0.25) is 4.79 Å². The Morgan fingerprint density at radius 2 is 1.90 bits per heavy atom. The first-order valence-corrected chi connectivity index (χ1v) is 7.04. The lowest BCUT2D eigenvalue weighted by molar-refractivity contribution is -0.144. The normalized spacial score (nSPS) is 11.5. The molecule has 0 heterocycles. The molecule has 0 aromatic heterocycles. The van der Waals surface area contributed by atoms with Crippen LogP contribution in [0.2, 0.25) is 10.0 Å². The molecule has 0 aliphatic heterocycles. The van der Waals surface area contributed by atoms with Gasteiger partial charge in [0.15, 0.2) is 6.61 Å². The van der Waals surface area contributed by atoms with Crippen LogP contribution in [0.25, 0.3) is 6.08 Å². The molecule has 1 aromatic rings. The number of rotatable bonds is 4. The summed E-state index contributed by atoms with van der Waals surface area (Å²) >= 11 is 11.6. The average molecular weight is 330 g/mol. The number of nitrogens with one attached hydrogen (secondary N) is 1. The molecule has 1 N–H and O–H groups in total. The second-order valence-electron chi connectivity index (χ2n) is 5.41. The zero-order valence-corrected chi connectivity index (χ0v) is 13.6. The number of carbonyl (C=O) groups excluding carboxylic acids is 2. The van der Waals surface area contributed by atoms with E-state index in [-0.39, 0.29) is 18.1 Å². The van der Waals surface area contributed by atoms with Gasteiger partial charge in [-0.2, -0.15) is 0 Å². The van der Waals surface area contributed by atoms with Crippen molar-refractivity contribution in [1.82, 2.24) is 5.32 Å². The molecular weight excluding hydrogens is 313 g/mol. The molecule has 0 saturated heterocycles. The number of hydrogen-bond acceptors (Lipinski definition) is 3. The molecular formula is C15H17Cl2NO3. The molecule has 0 radical (unpaired) electrons. The molecule has 6 heteroatoms. The quantitative estimate of drug-likeness (QED) is 0.679. The van der Waals surface area contributed by atoms with Gasteiger partial charge in [-0.25, -0.2) is 4.79 Å². The Morgan fingerprint density at radius 1 is 1.24 bits per heavy atom. The van der Waals surface area contributed by atoms with Crippen molar-refractivity contribution in [2.24, 2.45) is 0 Å². The van der Waals surface area contributed by atoms with Gasteiger partial charge in [0.05, 0.1) is 10.0 Å². The second kappa shape index (κ2) is 7.48. The van der Waals surface area contributed by atoms with Crippen molar-refractivity contribution in [2.75, 3.05) is 6.61 Å². The Hall–Kier alpha value is -1.52. The zero-order valence-electron chi connectivity index (χ0n) is 12.1. The van der Waals surface area contributed by atoms with Gasteiger partial charge in [0, 0.05) is 11.6 Å². The molecule has 0 saturated carbocycles. The Bertz CT molecular complexity index is 563. The Morgan fingerprint density at radius 3 is 2.48 bits per heavy atom. The summed E-state index contributed by atoms with van der Waals surface area (Å²) < 4.78 is 4.83. The van der Waals surface area contributed by atoms with E-state index in [1.807, 2.05) is 20.8 Å². The molecule has 21 heavy (non-hydrogen) atoms. The smallest absolute Gasteiger partial charge is 0.331 e. The zero-order chi connectivity index (χ0) is 16.0. The van der Waals surface area contributed by atoms with Crippen LogP contribution in [0.5, 0.6) is 0 Å². The number of ether oxygens (including phenoxy) is 1. The molecule has 4 nitrogen and oxygen atoms in total. The molecule has 1 aromatic carbocycles. The molecule has 1 amide bonds. The third kappa shape index (κ3) is 7.16. The monoisotopic (exact) mass is 329 g/mol. The van der Waals surface area contributed by atoms with Gasteiger partial charge in [-0.05, 0) is 44.5 Å². The third-order valence-corrected chi connectivity index (χ3v) is 2.95. The molecule has 114 valence electrons. The maximum atomic E-state index is 11.5. The van der Waals surface area contributed by atoms with Crippen molar-refractivity contribution in [3.63, 3.8) is 0 Å². The summed E-state index contributed by atoms with van der Waals surface area (Å²) in [6, 6.07) is 4.97. The fourth-order valence-corrected chi connectivity index (χ4v) is 1.73. The summed E-state index contributed by atoms with van der Waals surface area (Å²) in [5.74, 6) is -0.955. The van der Waals surface area contributed by atoms with E-state index in [4.69, 9.17) is 27.9 Å². The first kappa shape index (κ1) is 17.5. The van der Waals surface area contributed by atoms with Crippen LogP contribution in [-0.4, -0.2) is 24.0 Å². The lowest BCUT2D eigenvalue weighted by Gasteiger charge is -2.20. The Labute approximate surface area is 134 Å². The van der Waals surface area contributed by atoms with Crippen LogP contribution in [0.15, 0.2) is 24.3 Å². The fraction of sp³-hybridized carbons (Fsp3) is 0.333. The molecule has 0 atom stereocenters. The van der Waals surface area contributed by atoms with Crippen LogP contribution in [0.3, 0.4) is 0 Å². The minimum absolute atomic E-state index is 0.318. The van der Waals surface area contributed by atoms with Crippen LogP contribution in [0.1, 0.15) is 26.3 Å².